The summed E-state index contributed by atoms with van der Waals surface area (Å²) in [7, 11) is -4.38. The van der Waals surface area contributed by atoms with Gasteiger partial charge >= 0.3 is 0 Å². The van der Waals surface area contributed by atoms with Crippen molar-refractivity contribution >= 4 is 16.0 Å². The molecule has 0 heterocycles. The van der Waals surface area contributed by atoms with Crippen LogP contribution in [0.15, 0.2) is 85.1 Å². The van der Waals surface area contributed by atoms with Crippen LogP contribution < -0.4 is 5.32 Å². The second-order valence-corrected chi connectivity index (χ2v) is 13.2. The van der Waals surface area contributed by atoms with Gasteiger partial charge in [0.05, 0.1) is 17.9 Å². The minimum Gasteiger partial charge on any atom is -0.387 e. The highest BCUT2D eigenvalue weighted by Gasteiger charge is 2.24. The van der Waals surface area contributed by atoms with E-state index >= 15 is 0 Å². The summed E-state index contributed by atoms with van der Waals surface area (Å²) in [5.74, 6) is -1.13. The zero-order valence-electron chi connectivity index (χ0n) is 28.9. The minimum absolute atomic E-state index is 0.159. The number of allylic oxidation sites excluding steroid dienone is 13. The molecule has 0 aliphatic rings. The minimum atomic E-state index is -4.38. The van der Waals surface area contributed by atoms with Crippen molar-refractivity contribution in [2.75, 3.05) is 5.75 Å². The number of carbonyl (C=O) groups excluding carboxylic acids is 1. The average molecular weight is 660 g/mol. The van der Waals surface area contributed by atoms with Crippen molar-refractivity contribution in [3.05, 3.63) is 85.1 Å². The summed E-state index contributed by atoms with van der Waals surface area (Å²) >= 11 is 0. The van der Waals surface area contributed by atoms with E-state index in [0.717, 1.165) is 51.4 Å². The molecule has 0 rings (SSSR count). The fourth-order valence-electron chi connectivity index (χ4n) is 4.67. The summed E-state index contributed by atoms with van der Waals surface area (Å²) in [5.41, 5.74) is 0. The van der Waals surface area contributed by atoms with Crippen LogP contribution in [0.25, 0.3) is 0 Å². The number of hydrogen-bond acceptors (Lipinski definition) is 4. The molecule has 0 aromatic carbocycles. The molecule has 0 aromatic rings. The second kappa shape index (κ2) is 32.5. The molecule has 46 heavy (non-hydrogen) atoms. The van der Waals surface area contributed by atoms with Gasteiger partial charge in [0, 0.05) is 6.42 Å². The Hall–Kier alpha value is -2.48. The van der Waals surface area contributed by atoms with E-state index in [2.05, 4.69) is 79.9 Å². The third-order valence-electron chi connectivity index (χ3n) is 7.30. The quantitative estimate of drug-likeness (QED) is 0.0404. The molecule has 0 spiro atoms. The molecule has 0 saturated heterocycles. The topological polar surface area (TPSA) is 104 Å². The molecule has 0 aliphatic carbocycles. The van der Waals surface area contributed by atoms with Crippen LogP contribution in [0.5, 0.6) is 0 Å². The Labute approximate surface area is 282 Å². The van der Waals surface area contributed by atoms with Gasteiger partial charge in [0.25, 0.3) is 10.1 Å². The van der Waals surface area contributed by atoms with Gasteiger partial charge in [-0.15, -0.1) is 0 Å². The molecule has 1 amide bonds. The Morgan fingerprint density at radius 2 is 1.07 bits per heavy atom. The number of aliphatic hydroxyl groups is 1. The highest BCUT2D eigenvalue weighted by Crippen LogP contribution is 2.10. The van der Waals surface area contributed by atoms with Gasteiger partial charge in [-0.1, -0.05) is 144 Å². The lowest BCUT2D eigenvalue weighted by molar-refractivity contribution is -0.122. The predicted molar refractivity (Wildman–Crippen MR) is 197 cm³/mol. The maximum absolute atomic E-state index is 12.4. The highest BCUT2D eigenvalue weighted by molar-refractivity contribution is 7.85. The lowest BCUT2D eigenvalue weighted by Crippen LogP contribution is -2.46. The van der Waals surface area contributed by atoms with Gasteiger partial charge in [-0.25, -0.2) is 0 Å². The second-order valence-electron chi connectivity index (χ2n) is 11.7. The molecule has 0 bridgehead atoms. The number of amides is 1. The number of hydrogen-bond donors (Lipinski definition) is 3. The molecule has 0 fully saturated rings. The molecule has 262 valence electrons. The van der Waals surface area contributed by atoms with Gasteiger partial charge in [-0.05, 0) is 70.6 Å². The smallest absolute Gasteiger partial charge is 0.267 e. The van der Waals surface area contributed by atoms with Crippen LogP contribution in [0.3, 0.4) is 0 Å². The number of nitrogens with one attached hydrogen (secondary N) is 1. The summed E-state index contributed by atoms with van der Waals surface area (Å²) in [5, 5.41) is 13.1. The summed E-state index contributed by atoms with van der Waals surface area (Å²) in [6.45, 7) is 4.37. The van der Waals surface area contributed by atoms with E-state index < -0.39 is 28.0 Å². The first kappa shape index (κ1) is 43.5. The van der Waals surface area contributed by atoms with E-state index in [0.29, 0.717) is 12.8 Å². The van der Waals surface area contributed by atoms with Crippen molar-refractivity contribution in [1.82, 2.24) is 5.32 Å². The number of carbonyl (C=O) groups is 1. The predicted octanol–water partition coefficient (Wildman–Crippen LogP) is 10.1. The van der Waals surface area contributed by atoms with Crippen LogP contribution in [0.2, 0.25) is 0 Å². The number of rotatable bonds is 30. The third kappa shape index (κ3) is 32.9. The Kier molecular flexibility index (Phi) is 30.7. The summed E-state index contributed by atoms with van der Waals surface area (Å²) in [4.78, 5) is 12.4. The van der Waals surface area contributed by atoms with E-state index in [4.69, 9.17) is 0 Å². The Morgan fingerprint density at radius 1 is 0.609 bits per heavy atom. The molecule has 0 radical (unpaired) electrons. The van der Waals surface area contributed by atoms with Gasteiger partial charge < -0.3 is 10.4 Å². The normalized spacial score (nSPS) is 14.4. The average Bonchev–Trinajstić information content (AvgIpc) is 3.01. The maximum atomic E-state index is 12.4. The van der Waals surface area contributed by atoms with E-state index in [-0.39, 0.29) is 12.3 Å². The van der Waals surface area contributed by atoms with E-state index in [1.807, 2.05) is 12.2 Å². The fraction of sp³-hybridized carbons (Fsp3) is 0.615. The summed E-state index contributed by atoms with van der Waals surface area (Å²) in [6.07, 6.45) is 47.2. The Bertz CT molecular complexity index is 1040. The molecule has 0 aromatic heterocycles. The standard InChI is InChI=1S/C39H65NO5S/c1-3-5-7-9-11-13-15-17-18-19-20-21-23-24-26-28-30-32-34-38(41)37(36-46(43,44)45)40-39(42)35-33-31-29-27-25-22-16-14-12-10-8-6-4-2/h6,8,12,14,19-20,22,24-26,29,31-32,34,37-38,41H,3-5,7,9-11,13,15-18,21,23,27-28,30,33,35-36H2,1-2H3,(H,40,42)(H,43,44,45)/b8-6-,14-12-,20-19+,25-22-,26-24+,31-29-,34-32+. The first-order valence-corrected chi connectivity index (χ1v) is 19.4. The lowest BCUT2D eigenvalue weighted by Gasteiger charge is -2.20. The zero-order chi connectivity index (χ0) is 34.0. The van der Waals surface area contributed by atoms with Crippen LogP contribution >= 0.6 is 0 Å². The molecule has 0 aliphatic heterocycles. The molecule has 2 atom stereocenters. The zero-order valence-corrected chi connectivity index (χ0v) is 29.7. The van der Waals surface area contributed by atoms with Crippen LogP contribution in [-0.2, 0) is 14.9 Å². The van der Waals surface area contributed by atoms with Gasteiger partial charge in [0.2, 0.25) is 5.91 Å². The van der Waals surface area contributed by atoms with Gasteiger partial charge in [0.15, 0.2) is 0 Å². The monoisotopic (exact) mass is 659 g/mol. The van der Waals surface area contributed by atoms with Crippen LogP contribution in [0.1, 0.15) is 136 Å². The first-order valence-electron chi connectivity index (χ1n) is 17.8. The van der Waals surface area contributed by atoms with Crippen LogP contribution in [-0.4, -0.2) is 41.9 Å². The van der Waals surface area contributed by atoms with Crippen molar-refractivity contribution in [2.24, 2.45) is 0 Å². The molecule has 6 nitrogen and oxygen atoms in total. The SMILES string of the molecule is CC/C=C\C/C=C\C/C=C\C/C=C\CCC(=O)NC(CS(=O)(=O)O)C(O)/C=C/CC/C=C/CC/C=C/CCCCCCCCCC. The number of aliphatic hydroxyl groups excluding tert-OH is 1. The van der Waals surface area contributed by atoms with Crippen LogP contribution in [0.4, 0.5) is 0 Å². The summed E-state index contributed by atoms with van der Waals surface area (Å²) in [6, 6.07) is -1.12. The van der Waals surface area contributed by atoms with E-state index in [9.17, 15) is 22.9 Å². The maximum Gasteiger partial charge on any atom is 0.267 e. The number of unbranched alkanes of at least 4 members (excludes halogenated alkanes) is 10. The third-order valence-corrected chi connectivity index (χ3v) is 8.08. The molecule has 3 N–H and O–H groups in total. The van der Waals surface area contributed by atoms with Crippen molar-refractivity contribution in [2.45, 2.75) is 148 Å². The van der Waals surface area contributed by atoms with Crippen molar-refractivity contribution in [3.63, 3.8) is 0 Å². The van der Waals surface area contributed by atoms with Gasteiger partial charge in [-0.2, -0.15) is 8.42 Å². The highest BCUT2D eigenvalue weighted by atomic mass is 32.2. The molecular weight excluding hydrogens is 594 g/mol. The van der Waals surface area contributed by atoms with Crippen molar-refractivity contribution in [1.29, 1.82) is 0 Å². The summed E-state index contributed by atoms with van der Waals surface area (Å²) < 4.78 is 32.3. The first-order chi connectivity index (χ1) is 22.3. The van der Waals surface area contributed by atoms with Crippen LogP contribution in [0, 0.1) is 0 Å². The Morgan fingerprint density at radius 3 is 1.61 bits per heavy atom. The van der Waals surface area contributed by atoms with E-state index in [1.165, 1.54) is 57.4 Å². The molecular formula is C39H65NO5S. The van der Waals surface area contributed by atoms with E-state index in [1.54, 1.807) is 6.08 Å². The Balaban J connectivity index is 4.22. The lowest BCUT2D eigenvalue weighted by atomic mass is 10.1. The molecule has 2 unspecified atom stereocenters. The van der Waals surface area contributed by atoms with Gasteiger partial charge in [0.1, 0.15) is 0 Å². The van der Waals surface area contributed by atoms with Crippen molar-refractivity contribution < 1.29 is 22.9 Å². The molecule has 0 saturated carbocycles. The molecule has 7 heteroatoms. The largest absolute Gasteiger partial charge is 0.387 e. The fourth-order valence-corrected chi connectivity index (χ4v) is 5.40. The van der Waals surface area contributed by atoms with Gasteiger partial charge in [-0.3, -0.25) is 9.35 Å². The van der Waals surface area contributed by atoms with Crippen molar-refractivity contribution in [3.8, 4) is 0 Å².